The van der Waals surface area contributed by atoms with E-state index in [9.17, 15) is 9.59 Å². The van der Waals surface area contributed by atoms with Crippen molar-refractivity contribution in [3.8, 4) is 17.1 Å². The molecule has 0 aliphatic heterocycles. The van der Waals surface area contributed by atoms with Gasteiger partial charge >= 0.3 is 5.97 Å². The number of amides is 1. The molecule has 0 spiro atoms. The third-order valence-corrected chi connectivity index (χ3v) is 4.59. The van der Waals surface area contributed by atoms with Crippen LogP contribution >= 0.6 is 11.6 Å². The molecular weight excluding hydrogens is 394 g/mol. The molecule has 3 aromatic rings. The van der Waals surface area contributed by atoms with Crippen LogP contribution in [-0.2, 0) is 4.79 Å². The smallest absolute Gasteiger partial charge is 0.335 e. The predicted molar refractivity (Wildman–Crippen MR) is 112 cm³/mol. The van der Waals surface area contributed by atoms with E-state index in [-0.39, 0.29) is 11.3 Å². The number of carbonyl (C=O) groups is 2. The van der Waals surface area contributed by atoms with Crippen LogP contribution in [0.4, 0.5) is 5.69 Å². The van der Waals surface area contributed by atoms with Gasteiger partial charge in [0.25, 0.3) is 0 Å². The Morgan fingerprint density at radius 3 is 2.62 bits per heavy atom. The molecule has 1 heterocycles. The van der Waals surface area contributed by atoms with Crippen LogP contribution in [0.25, 0.3) is 17.4 Å². The summed E-state index contributed by atoms with van der Waals surface area (Å²) in [5, 5.41) is 12.4. The molecule has 0 aliphatic rings. The van der Waals surface area contributed by atoms with E-state index in [1.54, 1.807) is 12.1 Å². The number of nitrogens with one attached hydrogen (secondary N) is 1. The van der Waals surface area contributed by atoms with Gasteiger partial charge in [0.2, 0.25) is 5.91 Å². The highest BCUT2D eigenvalue weighted by molar-refractivity contribution is 6.31. The molecule has 0 saturated heterocycles. The molecule has 0 atom stereocenters. The van der Waals surface area contributed by atoms with Crippen molar-refractivity contribution < 1.29 is 23.8 Å². The maximum absolute atomic E-state index is 12.2. The van der Waals surface area contributed by atoms with Crippen LogP contribution in [0.3, 0.4) is 0 Å². The Bertz CT molecular complexity index is 1100. The second-order valence-electron chi connectivity index (χ2n) is 6.21. The van der Waals surface area contributed by atoms with Crippen LogP contribution in [0.2, 0.25) is 5.02 Å². The van der Waals surface area contributed by atoms with Crippen molar-refractivity contribution in [2.24, 2.45) is 0 Å². The van der Waals surface area contributed by atoms with Crippen molar-refractivity contribution in [3.63, 3.8) is 0 Å². The van der Waals surface area contributed by atoms with Gasteiger partial charge in [-0.1, -0.05) is 23.7 Å². The van der Waals surface area contributed by atoms with Crippen LogP contribution in [0, 0.1) is 6.92 Å². The molecule has 0 saturated carbocycles. The first-order valence-corrected chi connectivity index (χ1v) is 9.02. The minimum absolute atomic E-state index is 0.0394. The summed E-state index contributed by atoms with van der Waals surface area (Å²) in [5.41, 5.74) is 2.11. The zero-order valence-corrected chi connectivity index (χ0v) is 16.5. The third kappa shape index (κ3) is 4.86. The molecule has 2 N–H and O–H groups in total. The minimum Gasteiger partial charge on any atom is -0.495 e. The molecule has 0 fully saturated rings. The largest absolute Gasteiger partial charge is 0.495 e. The van der Waals surface area contributed by atoms with Crippen molar-refractivity contribution in [1.82, 2.24) is 0 Å². The Labute approximate surface area is 172 Å². The number of carbonyl (C=O) groups excluding carboxylic acids is 1. The number of carboxylic acids is 1. The maximum Gasteiger partial charge on any atom is 0.335 e. The van der Waals surface area contributed by atoms with Gasteiger partial charge in [0.15, 0.2) is 0 Å². The van der Waals surface area contributed by atoms with Gasteiger partial charge in [-0.25, -0.2) is 4.79 Å². The Morgan fingerprint density at radius 1 is 1.14 bits per heavy atom. The molecule has 0 unspecified atom stereocenters. The SMILES string of the molecule is COc1ccc(C(=O)O)cc1NC(=O)/C=C/c1ccc(-c2ccc(C)c(Cl)c2)o1. The molecule has 148 valence electrons. The van der Waals surface area contributed by atoms with Crippen molar-refractivity contribution in [3.05, 3.63) is 76.5 Å². The first-order valence-electron chi connectivity index (χ1n) is 8.64. The zero-order chi connectivity index (χ0) is 21.0. The number of benzene rings is 2. The fourth-order valence-electron chi connectivity index (χ4n) is 2.61. The highest BCUT2D eigenvalue weighted by Gasteiger charge is 2.11. The lowest BCUT2D eigenvalue weighted by atomic mass is 10.1. The van der Waals surface area contributed by atoms with E-state index in [0.29, 0.717) is 22.3 Å². The zero-order valence-electron chi connectivity index (χ0n) is 15.7. The second-order valence-corrected chi connectivity index (χ2v) is 6.62. The second kappa shape index (κ2) is 8.67. The summed E-state index contributed by atoms with van der Waals surface area (Å²) >= 11 is 6.15. The molecular formula is C22H18ClNO5. The molecule has 0 bridgehead atoms. The van der Waals surface area contributed by atoms with E-state index in [2.05, 4.69) is 5.32 Å². The molecule has 0 radical (unpaired) electrons. The lowest BCUT2D eigenvalue weighted by Crippen LogP contribution is -2.10. The number of carboxylic acid groups (broad SMARTS) is 1. The maximum atomic E-state index is 12.2. The highest BCUT2D eigenvalue weighted by Crippen LogP contribution is 2.28. The number of hydrogen-bond donors (Lipinski definition) is 2. The van der Waals surface area contributed by atoms with Crippen molar-refractivity contribution in [1.29, 1.82) is 0 Å². The average Bonchev–Trinajstić information content (AvgIpc) is 3.17. The predicted octanol–water partition coefficient (Wildman–Crippen LogP) is 5.27. The number of furan rings is 1. The first kappa shape index (κ1) is 20.2. The van der Waals surface area contributed by atoms with Crippen LogP contribution < -0.4 is 10.1 Å². The van der Waals surface area contributed by atoms with Gasteiger partial charge in [-0.05, 0) is 55.0 Å². The number of aromatic carboxylic acids is 1. The Kier molecular flexibility index (Phi) is 6.04. The van der Waals surface area contributed by atoms with Crippen LogP contribution in [0.1, 0.15) is 21.7 Å². The van der Waals surface area contributed by atoms with Crippen LogP contribution in [0.5, 0.6) is 5.75 Å². The molecule has 2 aromatic carbocycles. The van der Waals surface area contributed by atoms with Gasteiger partial charge in [-0.3, -0.25) is 4.79 Å². The normalized spacial score (nSPS) is 10.9. The van der Waals surface area contributed by atoms with Crippen LogP contribution in [0.15, 0.2) is 59.0 Å². The fourth-order valence-corrected chi connectivity index (χ4v) is 2.80. The number of anilines is 1. The Morgan fingerprint density at radius 2 is 1.93 bits per heavy atom. The summed E-state index contributed by atoms with van der Waals surface area (Å²) in [4.78, 5) is 23.4. The topological polar surface area (TPSA) is 88.8 Å². The Balaban J connectivity index is 1.73. The number of aryl methyl sites for hydroxylation is 1. The van der Waals surface area contributed by atoms with E-state index in [0.717, 1.165) is 11.1 Å². The first-order chi connectivity index (χ1) is 13.9. The molecule has 29 heavy (non-hydrogen) atoms. The summed E-state index contributed by atoms with van der Waals surface area (Å²) in [6.45, 7) is 1.92. The molecule has 6 nitrogen and oxygen atoms in total. The summed E-state index contributed by atoms with van der Waals surface area (Å²) in [5.74, 6) is -0.0886. The lowest BCUT2D eigenvalue weighted by molar-refractivity contribution is -0.111. The van der Waals surface area contributed by atoms with Gasteiger partial charge in [0.05, 0.1) is 18.4 Å². The molecule has 0 aliphatic carbocycles. The molecule has 1 aromatic heterocycles. The number of rotatable bonds is 6. The van der Waals surface area contributed by atoms with E-state index in [1.807, 2.05) is 25.1 Å². The fraction of sp³-hybridized carbons (Fsp3) is 0.0909. The minimum atomic E-state index is -1.10. The lowest BCUT2D eigenvalue weighted by Gasteiger charge is -2.09. The molecule has 3 rings (SSSR count). The highest BCUT2D eigenvalue weighted by atomic mass is 35.5. The summed E-state index contributed by atoms with van der Waals surface area (Å²) in [6.07, 6.45) is 2.81. The van der Waals surface area contributed by atoms with E-state index < -0.39 is 11.9 Å². The van der Waals surface area contributed by atoms with Gasteiger partial charge in [0.1, 0.15) is 17.3 Å². The molecule has 1 amide bonds. The van der Waals surface area contributed by atoms with Gasteiger partial charge in [-0.2, -0.15) is 0 Å². The third-order valence-electron chi connectivity index (χ3n) is 4.19. The Hall–Kier alpha value is -3.51. The quantitative estimate of drug-likeness (QED) is 0.539. The summed E-state index contributed by atoms with van der Waals surface area (Å²) < 4.78 is 10.9. The summed E-state index contributed by atoms with van der Waals surface area (Å²) in [7, 11) is 1.43. The van der Waals surface area contributed by atoms with Gasteiger partial charge in [-0.15, -0.1) is 0 Å². The van der Waals surface area contributed by atoms with E-state index in [1.165, 1.54) is 37.5 Å². The monoisotopic (exact) mass is 411 g/mol. The standard InChI is InChI=1S/C22H18ClNO5/c1-13-3-4-14(11-17(13)23)19-9-6-16(29-19)7-10-21(25)24-18-12-15(22(26)27)5-8-20(18)28-2/h3-12H,1-2H3,(H,24,25)(H,26,27)/b10-7+. The number of ether oxygens (including phenoxy) is 1. The van der Waals surface area contributed by atoms with E-state index >= 15 is 0 Å². The number of hydrogen-bond acceptors (Lipinski definition) is 4. The van der Waals surface area contributed by atoms with Crippen molar-refractivity contribution >= 4 is 35.2 Å². The van der Waals surface area contributed by atoms with E-state index in [4.69, 9.17) is 25.9 Å². The average molecular weight is 412 g/mol. The van der Waals surface area contributed by atoms with Gasteiger partial charge < -0.3 is 19.6 Å². The summed E-state index contributed by atoms with van der Waals surface area (Å²) in [6, 6.07) is 13.4. The van der Waals surface area contributed by atoms with Gasteiger partial charge in [0, 0.05) is 16.7 Å². The van der Waals surface area contributed by atoms with Crippen molar-refractivity contribution in [2.45, 2.75) is 6.92 Å². The van der Waals surface area contributed by atoms with Crippen LogP contribution in [-0.4, -0.2) is 24.1 Å². The number of halogens is 1. The van der Waals surface area contributed by atoms with Crippen molar-refractivity contribution in [2.75, 3.05) is 12.4 Å². The number of methoxy groups -OCH3 is 1. The molecule has 7 heteroatoms.